The van der Waals surface area contributed by atoms with E-state index in [1.165, 1.54) is 11.1 Å². The third kappa shape index (κ3) is 4.33. The molecule has 1 aromatic rings. The number of benzene rings is 1. The molecule has 0 aliphatic heterocycles. The molecule has 0 spiro atoms. The van der Waals surface area contributed by atoms with Gasteiger partial charge in [-0.2, -0.15) is 12.6 Å². The predicted octanol–water partition coefficient (Wildman–Crippen LogP) is 5.58. The Labute approximate surface area is 122 Å². The molecule has 2 heteroatoms. The molecule has 0 nitrogen and oxygen atoms in total. The third-order valence-electron chi connectivity index (χ3n) is 2.88. The van der Waals surface area contributed by atoms with Crippen LogP contribution in [0.3, 0.4) is 0 Å². The summed E-state index contributed by atoms with van der Waals surface area (Å²) in [6.07, 6.45) is 0. The molecule has 1 rings (SSSR count). The Morgan fingerprint density at radius 3 is 1.82 bits per heavy atom. The highest BCUT2D eigenvalue weighted by Crippen LogP contribution is 2.42. The van der Waals surface area contributed by atoms with Crippen molar-refractivity contribution in [1.82, 2.24) is 0 Å². The molecule has 0 amide bonds. The first kappa shape index (κ1) is 17.1. The first-order valence-corrected chi connectivity index (χ1v) is 6.43. The van der Waals surface area contributed by atoms with Gasteiger partial charge in [0.05, 0.1) is 0 Å². The van der Waals surface area contributed by atoms with Gasteiger partial charge in [-0.05, 0) is 22.0 Å². The summed E-state index contributed by atoms with van der Waals surface area (Å²) in [4.78, 5) is 0. The summed E-state index contributed by atoms with van der Waals surface area (Å²) in [5.74, 6) is 0. The topological polar surface area (TPSA) is 0 Å². The Bertz CT molecular complexity index is 358. The molecule has 0 fully saturated rings. The molecular weight excluding hydrogens is 292 g/mol. The lowest BCUT2D eigenvalue weighted by molar-refractivity contribution is 0.398. The number of rotatable bonds is 1. The van der Waals surface area contributed by atoms with Crippen molar-refractivity contribution in [3.63, 3.8) is 0 Å². The summed E-state index contributed by atoms with van der Waals surface area (Å²) in [6.45, 7) is 13.5. The molecule has 0 saturated heterocycles. The van der Waals surface area contributed by atoms with Gasteiger partial charge in [-0.15, -0.1) is 17.0 Å². The maximum absolute atomic E-state index is 4.80. The maximum Gasteiger partial charge on any atom is 0.0318 e. The molecular formula is C15H25BrS. The van der Waals surface area contributed by atoms with Crippen LogP contribution in [0.2, 0.25) is 0 Å². The first-order chi connectivity index (χ1) is 7.14. The van der Waals surface area contributed by atoms with E-state index in [9.17, 15) is 0 Å². The molecule has 1 atom stereocenters. The van der Waals surface area contributed by atoms with Crippen molar-refractivity contribution in [2.24, 2.45) is 5.41 Å². The van der Waals surface area contributed by atoms with E-state index in [0.29, 0.717) is 0 Å². The lowest BCUT2D eigenvalue weighted by Crippen LogP contribution is -2.20. The van der Waals surface area contributed by atoms with Gasteiger partial charge < -0.3 is 0 Å². The van der Waals surface area contributed by atoms with Gasteiger partial charge in [-0.3, -0.25) is 0 Å². The van der Waals surface area contributed by atoms with Crippen molar-refractivity contribution in [2.75, 3.05) is 0 Å². The summed E-state index contributed by atoms with van der Waals surface area (Å²) >= 11 is 4.80. The Hall–Kier alpha value is 0.0500. The van der Waals surface area contributed by atoms with Crippen LogP contribution >= 0.6 is 29.6 Å². The van der Waals surface area contributed by atoms with Crippen molar-refractivity contribution in [2.45, 2.75) is 52.2 Å². The van der Waals surface area contributed by atoms with Crippen LogP contribution in [0.15, 0.2) is 24.3 Å². The molecule has 0 heterocycles. The second kappa shape index (κ2) is 5.79. The van der Waals surface area contributed by atoms with Gasteiger partial charge in [-0.1, -0.05) is 65.8 Å². The summed E-state index contributed by atoms with van der Waals surface area (Å²) in [6, 6.07) is 8.67. The molecule has 0 N–H and O–H groups in total. The predicted molar refractivity (Wildman–Crippen MR) is 86.6 cm³/mol. The smallest absolute Gasteiger partial charge is 0.0318 e. The van der Waals surface area contributed by atoms with Crippen LogP contribution in [0.5, 0.6) is 0 Å². The Morgan fingerprint density at radius 2 is 1.41 bits per heavy atom. The fourth-order valence-corrected chi connectivity index (χ4v) is 2.11. The van der Waals surface area contributed by atoms with Gasteiger partial charge in [-0.25, -0.2) is 0 Å². The van der Waals surface area contributed by atoms with Crippen molar-refractivity contribution in [1.29, 1.82) is 0 Å². The largest absolute Gasteiger partial charge is 0.171 e. The Kier molecular flexibility index (Phi) is 5.81. The van der Waals surface area contributed by atoms with E-state index in [-0.39, 0.29) is 33.1 Å². The van der Waals surface area contributed by atoms with Crippen molar-refractivity contribution in [3.05, 3.63) is 35.4 Å². The number of halogens is 1. The SMILES string of the molecule is Br.CC(C)(C)c1ccccc1C(S)C(C)(C)C. The van der Waals surface area contributed by atoms with E-state index in [0.717, 1.165) is 0 Å². The third-order valence-corrected chi connectivity index (χ3v) is 3.94. The fourth-order valence-electron chi connectivity index (χ4n) is 1.88. The van der Waals surface area contributed by atoms with Crippen LogP contribution in [0.25, 0.3) is 0 Å². The van der Waals surface area contributed by atoms with Gasteiger partial charge in [0.15, 0.2) is 0 Å². The maximum atomic E-state index is 4.80. The molecule has 98 valence electrons. The van der Waals surface area contributed by atoms with Crippen LogP contribution in [0.1, 0.15) is 57.9 Å². The zero-order valence-corrected chi connectivity index (χ0v) is 14.3. The molecule has 0 aromatic heterocycles. The molecule has 1 unspecified atom stereocenters. The van der Waals surface area contributed by atoms with Gasteiger partial charge in [0, 0.05) is 5.25 Å². The fraction of sp³-hybridized carbons (Fsp3) is 0.600. The van der Waals surface area contributed by atoms with E-state index in [1.54, 1.807) is 0 Å². The van der Waals surface area contributed by atoms with Crippen LogP contribution in [0, 0.1) is 5.41 Å². The van der Waals surface area contributed by atoms with Gasteiger partial charge in [0.1, 0.15) is 0 Å². The van der Waals surface area contributed by atoms with Crippen molar-refractivity contribution in [3.8, 4) is 0 Å². The van der Waals surface area contributed by atoms with Crippen LogP contribution in [-0.4, -0.2) is 0 Å². The first-order valence-electron chi connectivity index (χ1n) is 5.91. The van der Waals surface area contributed by atoms with Gasteiger partial charge in [0.25, 0.3) is 0 Å². The van der Waals surface area contributed by atoms with E-state index < -0.39 is 0 Å². The minimum absolute atomic E-state index is 0. The zero-order valence-electron chi connectivity index (χ0n) is 11.7. The quantitative estimate of drug-likeness (QED) is 0.642. The lowest BCUT2D eigenvalue weighted by atomic mass is 9.78. The monoisotopic (exact) mass is 316 g/mol. The normalized spacial score (nSPS) is 14.1. The van der Waals surface area contributed by atoms with E-state index in [2.05, 4.69) is 65.8 Å². The highest BCUT2D eigenvalue weighted by molar-refractivity contribution is 8.93. The van der Waals surface area contributed by atoms with Gasteiger partial charge in [0.2, 0.25) is 0 Å². The standard InChI is InChI=1S/C15H24S.BrH/c1-14(2,3)12-10-8-7-9-11(12)13(16)15(4,5)6;/h7-10,13,16H,1-6H3;1H. The number of hydrogen-bond donors (Lipinski definition) is 1. The van der Waals surface area contributed by atoms with Crippen LogP contribution < -0.4 is 0 Å². The Balaban J connectivity index is 0.00000256. The number of hydrogen-bond acceptors (Lipinski definition) is 1. The minimum Gasteiger partial charge on any atom is -0.171 e. The molecule has 1 aromatic carbocycles. The van der Waals surface area contributed by atoms with Crippen LogP contribution in [-0.2, 0) is 5.41 Å². The summed E-state index contributed by atoms with van der Waals surface area (Å²) in [5.41, 5.74) is 3.14. The summed E-state index contributed by atoms with van der Waals surface area (Å²) in [5, 5.41) is 0.280. The molecule has 0 radical (unpaired) electrons. The molecule has 0 bridgehead atoms. The number of thiol groups is 1. The minimum atomic E-state index is 0. The molecule has 0 saturated carbocycles. The van der Waals surface area contributed by atoms with E-state index >= 15 is 0 Å². The second-order valence-corrected chi connectivity index (χ2v) is 7.12. The van der Waals surface area contributed by atoms with Gasteiger partial charge >= 0.3 is 0 Å². The van der Waals surface area contributed by atoms with Crippen LogP contribution in [0.4, 0.5) is 0 Å². The summed E-state index contributed by atoms with van der Waals surface area (Å²) < 4.78 is 0. The highest BCUT2D eigenvalue weighted by Gasteiger charge is 2.27. The molecule has 17 heavy (non-hydrogen) atoms. The zero-order chi connectivity index (χ0) is 12.6. The Morgan fingerprint density at radius 1 is 0.941 bits per heavy atom. The van der Waals surface area contributed by atoms with E-state index in [4.69, 9.17) is 12.6 Å². The van der Waals surface area contributed by atoms with Crippen molar-refractivity contribution < 1.29 is 0 Å². The highest BCUT2D eigenvalue weighted by atomic mass is 79.9. The van der Waals surface area contributed by atoms with Crippen molar-refractivity contribution >= 4 is 29.6 Å². The molecule has 0 aliphatic carbocycles. The summed E-state index contributed by atoms with van der Waals surface area (Å²) in [7, 11) is 0. The average Bonchev–Trinajstić information content (AvgIpc) is 2.14. The lowest BCUT2D eigenvalue weighted by Gasteiger charge is -2.32. The average molecular weight is 317 g/mol. The second-order valence-electron chi connectivity index (χ2n) is 6.61. The molecule has 0 aliphatic rings. The van der Waals surface area contributed by atoms with E-state index in [1.807, 2.05) is 0 Å².